The number of hydrogen-bond donors (Lipinski definition) is 0. The van der Waals surface area contributed by atoms with E-state index in [0.717, 1.165) is 23.5 Å². The Kier molecular flexibility index (Phi) is 7.95. The van der Waals surface area contributed by atoms with Crippen molar-refractivity contribution in [3.05, 3.63) is 35.4 Å². The summed E-state index contributed by atoms with van der Waals surface area (Å²) in [5.74, 6) is 0.666. The molecule has 1 saturated heterocycles. The third-order valence-electron chi connectivity index (χ3n) is 3.86. The molecule has 1 aliphatic rings. The van der Waals surface area contributed by atoms with Gasteiger partial charge in [0.1, 0.15) is 11.9 Å². The lowest BCUT2D eigenvalue weighted by atomic mass is 10.0. The van der Waals surface area contributed by atoms with Crippen LogP contribution >= 0.6 is 0 Å². The third kappa shape index (κ3) is 6.88. The Balaban J connectivity index is 2.01. The van der Waals surface area contributed by atoms with E-state index in [4.69, 9.17) is 18.9 Å². The van der Waals surface area contributed by atoms with Crippen molar-refractivity contribution in [2.75, 3.05) is 26.4 Å². The Hall–Kier alpha value is -1.85. The fourth-order valence-electron chi connectivity index (χ4n) is 2.46. The minimum atomic E-state index is -0.166. The summed E-state index contributed by atoms with van der Waals surface area (Å²) >= 11 is 0. The Morgan fingerprint density at radius 3 is 2.84 bits per heavy atom. The van der Waals surface area contributed by atoms with Crippen LogP contribution in [-0.4, -0.2) is 38.5 Å². The van der Waals surface area contributed by atoms with Gasteiger partial charge in [-0.15, -0.1) is 0 Å². The van der Waals surface area contributed by atoms with Gasteiger partial charge in [0, 0.05) is 6.42 Å². The monoisotopic (exact) mass is 348 g/mol. The molecule has 0 bridgehead atoms. The van der Waals surface area contributed by atoms with E-state index in [1.165, 1.54) is 0 Å². The summed E-state index contributed by atoms with van der Waals surface area (Å²) in [5, 5.41) is 0. The number of benzene rings is 1. The molecule has 1 aliphatic heterocycles. The van der Waals surface area contributed by atoms with Gasteiger partial charge in [-0.2, -0.15) is 0 Å². The van der Waals surface area contributed by atoms with Gasteiger partial charge in [-0.1, -0.05) is 18.2 Å². The number of rotatable bonds is 11. The molecule has 2 atom stereocenters. The van der Waals surface area contributed by atoms with E-state index in [1.807, 2.05) is 51.1 Å². The number of ether oxygens (including phenoxy) is 4. The molecule has 5 heteroatoms. The van der Waals surface area contributed by atoms with Crippen LogP contribution < -0.4 is 4.74 Å². The summed E-state index contributed by atoms with van der Waals surface area (Å²) < 4.78 is 21.7. The van der Waals surface area contributed by atoms with Gasteiger partial charge in [0.25, 0.3) is 0 Å². The number of esters is 1. The molecule has 0 aromatic heterocycles. The molecule has 5 nitrogen and oxygen atoms in total. The fourth-order valence-corrected chi connectivity index (χ4v) is 2.46. The molecular formula is C20H28O5. The van der Waals surface area contributed by atoms with Crippen molar-refractivity contribution >= 4 is 12.0 Å². The van der Waals surface area contributed by atoms with Crippen LogP contribution in [0.5, 0.6) is 5.75 Å². The highest BCUT2D eigenvalue weighted by atomic mass is 16.6. The first-order chi connectivity index (χ1) is 12.1. The lowest BCUT2D eigenvalue weighted by Crippen LogP contribution is -2.08. The SMILES string of the molecule is CCOC(=O)CC/C=C/c1ccc(OCC)cc1[C@@H](C)OCC1CO1. The first kappa shape index (κ1) is 19.5. The second-order valence-corrected chi connectivity index (χ2v) is 5.90. The standard InChI is InChI=1S/C20H28O5/c1-4-22-17-11-10-16(8-6-7-9-20(21)23-5-2)19(12-17)15(3)24-13-18-14-25-18/h6,8,10-12,15,18H,4-5,7,9,13-14H2,1-3H3/b8-6+/t15-,18?/m1/s1. The van der Waals surface area contributed by atoms with Crippen molar-refractivity contribution in [1.82, 2.24) is 0 Å². The third-order valence-corrected chi connectivity index (χ3v) is 3.86. The predicted molar refractivity (Wildman–Crippen MR) is 96.6 cm³/mol. The Morgan fingerprint density at radius 1 is 1.36 bits per heavy atom. The summed E-state index contributed by atoms with van der Waals surface area (Å²) in [6.07, 6.45) is 5.23. The van der Waals surface area contributed by atoms with Crippen LogP contribution in [0, 0.1) is 0 Å². The van der Waals surface area contributed by atoms with Crippen LogP contribution in [0.25, 0.3) is 6.08 Å². The molecule has 2 rings (SSSR count). The van der Waals surface area contributed by atoms with E-state index in [-0.39, 0.29) is 18.2 Å². The largest absolute Gasteiger partial charge is 0.494 e. The van der Waals surface area contributed by atoms with Crippen LogP contribution in [-0.2, 0) is 19.0 Å². The number of carbonyl (C=O) groups is 1. The van der Waals surface area contributed by atoms with Gasteiger partial charge in [-0.3, -0.25) is 4.79 Å². The Labute approximate surface area is 149 Å². The second-order valence-electron chi connectivity index (χ2n) is 5.90. The van der Waals surface area contributed by atoms with Crippen LogP contribution in [0.15, 0.2) is 24.3 Å². The van der Waals surface area contributed by atoms with Crippen molar-refractivity contribution in [3.8, 4) is 5.75 Å². The Morgan fingerprint density at radius 2 is 2.16 bits per heavy atom. The lowest BCUT2D eigenvalue weighted by Gasteiger charge is -2.17. The first-order valence-corrected chi connectivity index (χ1v) is 8.96. The van der Waals surface area contributed by atoms with Gasteiger partial charge < -0.3 is 18.9 Å². The summed E-state index contributed by atoms with van der Waals surface area (Å²) in [6.45, 7) is 8.24. The van der Waals surface area contributed by atoms with E-state index in [0.29, 0.717) is 32.7 Å². The van der Waals surface area contributed by atoms with Crippen molar-refractivity contribution < 1.29 is 23.7 Å². The average molecular weight is 348 g/mol. The van der Waals surface area contributed by atoms with Crippen LogP contribution in [0.3, 0.4) is 0 Å². The maximum Gasteiger partial charge on any atom is 0.306 e. The van der Waals surface area contributed by atoms with E-state index < -0.39 is 0 Å². The van der Waals surface area contributed by atoms with E-state index in [1.54, 1.807) is 0 Å². The second kappa shape index (κ2) is 10.2. The van der Waals surface area contributed by atoms with E-state index in [9.17, 15) is 4.79 Å². The first-order valence-electron chi connectivity index (χ1n) is 8.96. The molecule has 0 spiro atoms. The molecule has 0 amide bonds. The zero-order valence-electron chi connectivity index (χ0n) is 15.3. The molecule has 1 heterocycles. The van der Waals surface area contributed by atoms with Crippen LogP contribution in [0.4, 0.5) is 0 Å². The maximum absolute atomic E-state index is 11.4. The van der Waals surface area contributed by atoms with Gasteiger partial charge in [-0.25, -0.2) is 0 Å². The fraction of sp³-hybridized carbons (Fsp3) is 0.550. The smallest absolute Gasteiger partial charge is 0.306 e. The van der Waals surface area contributed by atoms with E-state index >= 15 is 0 Å². The van der Waals surface area contributed by atoms with Crippen molar-refractivity contribution in [2.24, 2.45) is 0 Å². The van der Waals surface area contributed by atoms with Crippen LogP contribution in [0.1, 0.15) is 50.8 Å². The number of epoxide rings is 1. The van der Waals surface area contributed by atoms with Gasteiger partial charge in [0.15, 0.2) is 0 Å². The summed E-state index contributed by atoms with van der Waals surface area (Å²) in [6, 6.07) is 6.00. The molecule has 25 heavy (non-hydrogen) atoms. The zero-order valence-corrected chi connectivity index (χ0v) is 15.3. The quantitative estimate of drug-likeness (QED) is 0.448. The molecule has 1 aromatic rings. The minimum Gasteiger partial charge on any atom is -0.494 e. The van der Waals surface area contributed by atoms with Crippen molar-refractivity contribution in [2.45, 2.75) is 45.8 Å². The molecule has 0 aliphatic carbocycles. The maximum atomic E-state index is 11.4. The molecule has 1 aromatic carbocycles. The number of hydrogen-bond acceptors (Lipinski definition) is 5. The molecule has 1 unspecified atom stereocenters. The molecule has 0 radical (unpaired) electrons. The predicted octanol–water partition coefficient (Wildman–Crippen LogP) is 3.92. The van der Waals surface area contributed by atoms with E-state index in [2.05, 4.69) is 0 Å². The summed E-state index contributed by atoms with van der Waals surface area (Å²) in [5.41, 5.74) is 2.13. The van der Waals surface area contributed by atoms with Crippen molar-refractivity contribution in [1.29, 1.82) is 0 Å². The molecule has 0 N–H and O–H groups in total. The van der Waals surface area contributed by atoms with Gasteiger partial charge in [0.2, 0.25) is 0 Å². The zero-order chi connectivity index (χ0) is 18.1. The molecule has 0 saturated carbocycles. The summed E-state index contributed by atoms with van der Waals surface area (Å²) in [4.78, 5) is 11.4. The highest BCUT2D eigenvalue weighted by molar-refractivity contribution is 5.69. The molecule has 1 fully saturated rings. The van der Waals surface area contributed by atoms with Crippen LogP contribution in [0.2, 0.25) is 0 Å². The highest BCUT2D eigenvalue weighted by Gasteiger charge is 2.24. The number of allylic oxidation sites excluding steroid dienone is 1. The highest BCUT2D eigenvalue weighted by Crippen LogP contribution is 2.28. The Bertz CT molecular complexity index is 577. The molecular weight excluding hydrogens is 320 g/mol. The molecule has 138 valence electrons. The van der Waals surface area contributed by atoms with Gasteiger partial charge in [-0.05, 0) is 50.5 Å². The van der Waals surface area contributed by atoms with Crippen molar-refractivity contribution in [3.63, 3.8) is 0 Å². The number of carbonyl (C=O) groups excluding carboxylic acids is 1. The normalized spacial score (nSPS) is 17.5. The van der Waals surface area contributed by atoms with Gasteiger partial charge in [0.05, 0.1) is 32.5 Å². The summed E-state index contributed by atoms with van der Waals surface area (Å²) in [7, 11) is 0. The topological polar surface area (TPSA) is 57.3 Å². The average Bonchev–Trinajstić information content (AvgIpc) is 3.42. The lowest BCUT2D eigenvalue weighted by molar-refractivity contribution is -0.142. The minimum absolute atomic E-state index is 0.0608. The van der Waals surface area contributed by atoms with Gasteiger partial charge >= 0.3 is 5.97 Å².